The molecule has 0 atom stereocenters. The van der Waals surface area contributed by atoms with Crippen LogP contribution in [0.4, 0.5) is 5.82 Å². The fourth-order valence-corrected chi connectivity index (χ4v) is 1.89. The lowest BCUT2D eigenvalue weighted by Crippen LogP contribution is -2.07. The molecule has 0 bridgehead atoms. The number of nitrogens with one attached hydrogen (secondary N) is 1. The van der Waals surface area contributed by atoms with E-state index in [1.807, 2.05) is 24.4 Å². The van der Waals surface area contributed by atoms with Gasteiger partial charge in [0, 0.05) is 31.3 Å². The van der Waals surface area contributed by atoms with Crippen molar-refractivity contribution >= 4 is 16.6 Å². The first-order valence-electron chi connectivity index (χ1n) is 6.57. The molecule has 0 aliphatic carbocycles. The minimum absolute atomic E-state index is 0.811. The average molecular weight is 244 g/mol. The van der Waals surface area contributed by atoms with Gasteiger partial charge in [0.2, 0.25) is 0 Å². The van der Waals surface area contributed by atoms with Crippen LogP contribution in [-0.4, -0.2) is 24.7 Å². The lowest BCUT2D eigenvalue weighted by atomic mass is 10.1. The van der Waals surface area contributed by atoms with Gasteiger partial charge in [-0.2, -0.15) is 0 Å². The fraction of sp³-hybridized carbons (Fsp3) is 0.400. The summed E-state index contributed by atoms with van der Waals surface area (Å²) in [4.78, 5) is 4.39. The number of pyridine rings is 1. The molecule has 3 nitrogen and oxygen atoms in total. The Balaban J connectivity index is 1.88. The molecule has 0 spiro atoms. The van der Waals surface area contributed by atoms with Crippen molar-refractivity contribution < 1.29 is 4.74 Å². The third kappa shape index (κ3) is 3.44. The minimum atomic E-state index is 0.811. The highest BCUT2D eigenvalue weighted by Crippen LogP contribution is 2.19. The van der Waals surface area contributed by atoms with E-state index in [2.05, 4.69) is 29.4 Å². The highest BCUT2D eigenvalue weighted by molar-refractivity contribution is 5.91. The normalized spacial score (nSPS) is 10.7. The molecular weight excluding hydrogens is 224 g/mol. The summed E-state index contributed by atoms with van der Waals surface area (Å²) >= 11 is 0. The zero-order chi connectivity index (χ0) is 12.6. The van der Waals surface area contributed by atoms with Crippen LogP contribution in [0.25, 0.3) is 10.8 Å². The maximum absolute atomic E-state index is 5.45. The van der Waals surface area contributed by atoms with Gasteiger partial charge in [-0.05, 0) is 24.3 Å². The molecule has 1 aromatic heterocycles. The van der Waals surface area contributed by atoms with Gasteiger partial charge in [-0.1, -0.05) is 31.2 Å². The minimum Gasteiger partial charge on any atom is -0.381 e. The first-order valence-corrected chi connectivity index (χ1v) is 6.57. The van der Waals surface area contributed by atoms with Crippen molar-refractivity contribution in [3.63, 3.8) is 0 Å². The van der Waals surface area contributed by atoms with E-state index in [4.69, 9.17) is 4.74 Å². The lowest BCUT2D eigenvalue weighted by molar-refractivity contribution is 0.134. The summed E-state index contributed by atoms with van der Waals surface area (Å²) in [5, 5.41) is 5.77. The largest absolute Gasteiger partial charge is 0.381 e. The van der Waals surface area contributed by atoms with E-state index in [1.54, 1.807) is 0 Å². The van der Waals surface area contributed by atoms with Crippen molar-refractivity contribution in [1.29, 1.82) is 0 Å². The Morgan fingerprint density at radius 1 is 1.17 bits per heavy atom. The van der Waals surface area contributed by atoms with Crippen LogP contribution in [0.15, 0.2) is 36.5 Å². The molecule has 0 radical (unpaired) electrons. The van der Waals surface area contributed by atoms with Crippen LogP contribution in [0.2, 0.25) is 0 Å². The van der Waals surface area contributed by atoms with Crippen molar-refractivity contribution in [2.45, 2.75) is 19.8 Å². The van der Waals surface area contributed by atoms with Gasteiger partial charge in [0.1, 0.15) is 5.82 Å². The van der Waals surface area contributed by atoms with Gasteiger partial charge in [0.05, 0.1) is 0 Å². The zero-order valence-corrected chi connectivity index (χ0v) is 10.9. The smallest absolute Gasteiger partial charge is 0.133 e. The van der Waals surface area contributed by atoms with Crippen molar-refractivity contribution in [2.75, 3.05) is 25.1 Å². The predicted octanol–water partition coefficient (Wildman–Crippen LogP) is 3.46. The van der Waals surface area contributed by atoms with Crippen molar-refractivity contribution in [3.8, 4) is 0 Å². The first kappa shape index (κ1) is 12.8. The second-order valence-electron chi connectivity index (χ2n) is 4.27. The van der Waals surface area contributed by atoms with Crippen LogP contribution in [0.3, 0.4) is 0 Å². The molecule has 0 fully saturated rings. The molecule has 18 heavy (non-hydrogen) atoms. The number of nitrogens with zero attached hydrogens (tertiary/aromatic N) is 1. The third-order valence-electron chi connectivity index (χ3n) is 2.78. The highest BCUT2D eigenvalue weighted by atomic mass is 16.5. The van der Waals surface area contributed by atoms with E-state index in [-0.39, 0.29) is 0 Å². The van der Waals surface area contributed by atoms with Crippen LogP contribution in [0, 0.1) is 0 Å². The maximum atomic E-state index is 5.45. The van der Waals surface area contributed by atoms with E-state index in [0.29, 0.717) is 0 Å². The number of rotatable bonds is 7. The summed E-state index contributed by atoms with van der Waals surface area (Å²) in [5.74, 6) is 0.962. The van der Waals surface area contributed by atoms with Gasteiger partial charge in [-0.25, -0.2) is 4.98 Å². The van der Waals surface area contributed by atoms with Crippen LogP contribution in [-0.2, 0) is 4.74 Å². The Morgan fingerprint density at radius 2 is 2.06 bits per heavy atom. The van der Waals surface area contributed by atoms with Gasteiger partial charge in [0.15, 0.2) is 0 Å². The average Bonchev–Trinajstić information content (AvgIpc) is 2.43. The summed E-state index contributed by atoms with van der Waals surface area (Å²) < 4.78 is 5.45. The molecule has 96 valence electrons. The quantitative estimate of drug-likeness (QED) is 0.757. The summed E-state index contributed by atoms with van der Waals surface area (Å²) in [7, 11) is 0. The van der Waals surface area contributed by atoms with Crippen molar-refractivity contribution in [1.82, 2.24) is 4.98 Å². The number of fused-ring (bicyclic) bond motifs is 1. The van der Waals surface area contributed by atoms with E-state index in [9.17, 15) is 0 Å². The van der Waals surface area contributed by atoms with Gasteiger partial charge in [-0.3, -0.25) is 0 Å². The van der Waals surface area contributed by atoms with E-state index in [0.717, 1.165) is 38.4 Å². The third-order valence-corrected chi connectivity index (χ3v) is 2.78. The van der Waals surface area contributed by atoms with Gasteiger partial charge in [-0.15, -0.1) is 0 Å². The van der Waals surface area contributed by atoms with E-state index < -0.39 is 0 Å². The number of benzene rings is 1. The molecule has 0 aliphatic heterocycles. The summed E-state index contributed by atoms with van der Waals surface area (Å²) in [6.45, 7) is 4.68. The van der Waals surface area contributed by atoms with Crippen LogP contribution in [0.5, 0.6) is 0 Å². The summed E-state index contributed by atoms with van der Waals surface area (Å²) in [6.07, 6.45) is 3.93. The number of aromatic nitrogens is 1. The number of hydrogen-bond donors (Lipinski definition) is 1. The number of ether oxygens (including phenoxy) is 1. The van der Waals surface area contributed by atoms with Crippen LogP contribution < -0.4 is 5.32 Å². The first-order chi connectivity index (χ1) is 8.92. The van der Waals surface area contributed by atoms with Gasteiger partial charge < -0.3 is 10.1 Å². The second-order valence-corrected chi connectivity index (χ2v) is 4.27. The van der Waals surface area contributed by atoms with Gasteiger partial charge in [0.25, 0.3) is 0 Å². The molecular formula is C15H20N2O. The molecule has 2 aromatic rings. The SMILES string of the molecule is CCCOCCCNc1nccc2ccccc12. The topological polar surface area (TPSA) is 34.1 Å². The van der Waals surface area contributed by atoms with Crippen molar-refractivity contribution in [2.24, 2.45) is 0 Å². The zero-order valence-electron chi connectivity index (χ0n) is 10.9. The molecule has 1 N–H and O–H groups in total. The molecule has 0 saturated heterocycles. The Kier molecular flexibility index (Phi) is 4.97. The Bertz CT molecular complexity index is 479. The molecule has 2 rings (SSSR count). The molecule has 1 aromatic carbocycles. The van der Waals surface area contributed by atoms with Crippen LogP contribution >= 0.6 is 0 Å². The lowest BCUT2D eigenvalue weighted by Gasteiger charge is -2.08. The monoisotopic (exact) mass is 244 g/mol. The molecule has 0 saturated carbocycles. The Morgan fingerprint density at radius 3 is 2.94 bits per heavy atom. The molecule has 3 heteroatoms. The predicted molar refractivity (Wildman–Crippen MR) is 76.0 cm³/mol. The second kappa shape index (κ2) is 6.97. The Labute approximate surface area is 108 Å². The molecule has 0 aliphatic rings. The van der Waals surface area contributed by atoms with Crippen molar-refractivity contribution in [3.05, 3.63) is 36.5 Å². The highest BCUT2D eigenvalue weighted by Gasteiger charge is 2.00. The number of anilines is 1. The fourth-order valence-electron chi connectivity index (χ4n) is 1.89. The summed E-state index contributed by atoms with van der Waals surface area (Å²) in [5.41, 5.74) is 0. The number of hydrogen-bond acceptors (Lipinski definition) is 3. The molecule has 0 unspecified atom stereocenters. The van der Waals surface area contributed by atoms with Gasteiger partial charge >= 0.3 is 0 Å². The van der Waals surface area contributed by atoms with Crippen LogP contribution in [0.1, 0.15) is 19.8 Å². The summed E-state index contributed by atoms with van der Waals surface area (Å²) in [6, 6.07) is 10.3. The molecule has 0 amide bonds. The maximum Gasteiger partial charge on any atom is 0.133 e. The van der Waals surface area contributed by atoms with E-state index >= 15 is 0 Å². The molecule has 1 heterocycles. The van der Waals surface area contributed by atoms with E-state index in [1.165, 1.54) is 10.8 Å². The Hall–Kier alpha value is -1.61. The standard InChI is InChI=1S/C15H20N2O/c1-2-11-18-12-5-9-16-15-14-7-4-3-6-13(14)8-10-17-15/h3-4,6-8,10H,2,5,9,11-12H2,1H3,(H,16,17).